The molecule has 0 saturated carbocycles. The van der Waals surface area contributed by atoms with Crippen molar-refractivity contribution in [2.75, 3.05) is 6.54 Å². The third-order valence-electron chi connectivity index (χ3n) is 0.576. The molecule has 2 N–H and O–H groups in total. The molecule has 0 aliphatic heterocycles. The van der Waals surface area contributed by atoms with E-state index in [2.05, 4.69) is 11.9 Å². The van der Waals surface area contributed by atoms with Gasteiger partial charge in [-0.05, 0) is 0 Å². The fourth-order valence-electron chi connectivity index (χ4n) is 0.260. The van der Waals surface area contributed by atoms with E-state index in [1.807, 2.05) is 5.32 Å². The molecule has 0 atom stereocenters. The molecule has 0 aromatic carbocycles. The SMILES string of the molecule is C=CCNC(=O)NC#N. The molecule has 0 spiro atoms. The molecule has 0 radical (unpaired) electrons. The second-order valence-electron chi connectivity index (χ2n) is 1.24. The molecule has 48 valence electrons. The Hall–Kier alpha value is -1.50. The van der Waals surface area contributed by atoms with Crippen molar-refractivity contribution in [3.8, 4) is 6.19 Å². The number of nitrogens with one attached hydrogen (secondary N) is 2. The molecule has 0 rings (SSSR count). The number of rotatable bonds is 2. The lowest BCUT2D eigenvalue weighted by atomic mass is 10.6. The van der Waals surface area contributed by atoms with Crippen LogP contribution < -0.4 is 10.6 Å². The van der Waals surface area contributed by atoms with Gasteiger partial charge in [0.15, 0.2) is 6.19 Å². The third-order valence-corrected chi connectivity index (χ3v) is 0.576. The summed E-state index contributed by atoms with van der Waals surface area (Å²) >= 11 is 0. The van der Waals surface area contributed by atoms with Crippen molar-refractivity contribution >= 4 is 6.03 Å². The van der Waals surface area contributed by atoms with E-state index in [4.69, 9.17) is 5.26 Å². The van der Waals surface area contributed by atoms with Gasteiger partial charge in [0, 0.05) is 6.54 Å². The lowest BCUT2D eigenvalue weighted by molar-refractivity contribution is 0.245. The summed E-state index contributed by atoms with van der Waals surface area (Å²) in [5, 5.41) is 12.1. The first-order valence-corrected chi connectivity index (χ1v) is 2.35. The molecular formula is C5H7N3O. The maximum Gasteiger partial charge on any atom is 0.328 e. The number of nitriles is 1. The Morgan fingerprint density at radius 2 is 2.56 bits per heavy atom. The quantitative estimate of drug-likeness (QED) is 0.309. The number of nitrogens with zero attached hydrogens (tertiary/aromatic N) is 1. The Kier molecular flexibility index (Phi) is 3.88. The Balaban J connectivity index is 3.29. The van der Waals surface area contributed by atoms with Gasteiger partial charge in [0.05, 0.1) is 0 Å². The Labute approximate surface area is 53.2 Å². The summed E-state index contributed by atoms with van der Waals surface area (Å²) in [5.41, 5.74) is 0. The lowest BCUT2D eigenvalue weighted by Crippen LogP contribution is -2.32. The van der Waals surface area contributed by atoms with Gasteiger partial charge in [0.25, 0.3) is 0 Å². The standard InChI is InChI=1S/C5H7N3O/c1-2-3-7-5(9)8-4-6/h2H,1,3H2,(H2,7,8,9). The van der Waals surface area contributed by atoms with Crippen molar-refractivity contribution in [3.05, 3.63) is 12.7 Å². The van der Waals surface area contributed by atoms with Crippen LogP contribution in [0.1, 0.15) is 0 Å². The summed E-state index contributed by atoms with van der Waals surface area (Å²) in [6.45, 7) is 3.74. The van der Waals surface area contributed by atoms with Gasteiger partial charge in [0.2, 0.25) is 0 Å². The minimum absolute atomic E-state index is 0.369. The smallest absolute Gasteiger partial charge is 0.328 e. The van der Waals surface area contributed by atoms with E-state index < -0.39 is 6.03 Å². The molecule has 2 amide bonds. The van der Waals surface area contributed by atoms with Crippen LogP contribution in [0.5, 0.6) is 0 Å². The topological polar surface area (TPSA) is 64.9 Å². The molecule has 0 unspecified atom stereocenters. The zero-order chi connectivity index (χ0) is 7.11. The van der Waals surface area contributed by atoms with Gasteiger partial charge in [-0.3, -0.25) is 0 Å². The third kappa shape index (κ3) is 4.35. The number of hydrogen-bond donors (Lipinski definition) is 2. The first kappa shape index (κ1) is 7.50. The Morgan fingerprint density at radius 1 is 1.89 bits per heavy atom. The number of carbonyl (C=O) groups excluding carboxylic acids is 1. The van der Waals surface area contributed by atoms with E-state index in [0.29, 0.717) is 6.54 Å². The average Bonchev–Trinajstić information content (AvgIpc) is 1.85. The highest BCUT2D eigenvalue weighted by molar-refractivity contribution is 5.75. The zero-order valence-electron chi connectivity index (χ0n) is 4.85. The minimum atomic E-state index is -0.502. The fraction of sp³-hybridized carbons (Fsp3) is 0.200. The Morgan fingerprint density at radius 3 is 3.00 bits per heavy atom. The molecule has 0 aliphatic carbocycles. The molecule has 0 fully saturated rings. The van der Waals surface area contributed by atoms with E-state index in [-0.39, 0.29) is 0 Å². The van der Waals surface area contributed by atoms with Crippen LogP contribution in [-0.2, 0) is 0 Å². The van der Waals surface area contributed by atoms with Crippen LogP contribution >= 0.6 is 0 Å². The van der Waals surface area contributed by atoms with Crippen molar-refractivity contribution in [3.63, 3.8) is 0 Å². The van der Waals surface area contributed by atoms with E-state index in [0.717, 1.165) is 0 Å². The van der Waals surface area contributed by atoms with E-state index in [9.17, 15) is 4.79 Å². The summed E-state index contributed by atoms with van der Waals surface area (Å²) in [5.74, 6) is 0. The van der Waals surface area contributed by atoms with Gasteiger partial charge in [-0.2, -0.15) is 5.26 Å². The molecule has 0 saturated heterocycles. The minimum Gasteiger partial charge on any atom is -0.334 e. The summed E-state index contributed by atoms with van der Waals surface area (Å²) in [4.78, 5) is 10.3. The van der Waals surface area contributed by atoms with Crippen molar-refractivity contribution in [1.82, 2.24) is 10.6 Å². The zero-order valence-corrected chi connectivity index (χ0v) is 4.85. The monoisotopic (exact) mass is 125 g/mol. The van der Waals surface area contributed by atoms with Crippen LogP contribution in [0.4, 0.5) is 4.79 Å². The van der Waals surface area contributed by atoms with Crippen molar-refractivity contribution < 1.29 is 4.79 Å². The number of carbonyl (C=O) groups is 1. The highest BCUT2D eigenvalue weighted by Crippen LogP contribution is 1.61. The van der Waals surface area contributed by atoms with Gasteiger partial charge in [-0.15, -0.1) is 6.58 Å². The molecule has 0 heterocycles. The van der Waals surface area contributed by atoms with Crippen molar-refractivity contribution in [1.29, 1.82) is 5.26 Å². The van der Waals surface area contributed by atoms with Gasteiger partial charge < -0.3 is 5.32 Å². The average molecular weight is 125 g/mol. The normalized spacial score (nSPS) is 7.00. The number of amides is 2. The molecule has 0 bridgehead atoms. The number of urea groups is 1. The molecule has 0 aliphatic rings. The van der Waals surface area contributed by atoms with E-state index in [1.54, 1.807) is 0 Å². The molecule has 4 heteroatoms. The second kappa shape index (κ2) is 4.65. The summed E-state index contributed by atoms with van der Waals surface area (Å²) < 4.78 is 0. The van der Waals surface area contributed by atoms with Crippen LogP contribution in [-0.4, -0.2) is 12.6 Å². The van der Waals surface area contributed by atoms with Crippen molar-refractivity contribution in [2.24, 2.45) is 0 Å². The van der Waals surface area contributed by atoms with Crippen LogP contribution in [0.3, 0.4) is 0 Å². The lowest BCUT2D eigenvalue weighted by Gasteiger charge is -1.95. The summed E-state index contributed by atoms with van der Waals surface area (Å²) in [6, 6.07) is -0.502. The maximum atomic E-state index is 10.3. The molecular weight excluding hydrogens is 118 g/mol. The first-order valence-electron chi connectivity index (χ1n) is 2.35. The predicted octanol–water partition coefficient (Wildman–Crippen LogP) is -0.0473. The molecule has 0 aromatic rings. The van der Waals surface area contributed by atoms with Crippen LogP contribution in [0.25, 0.3) is 0 Å². The van der Waals surface area contributed by atoms with Crippen LogP contribution in [0, 0.1) is 11.5 Å². The van der Waals surface area contributed by atoms with Crippen molar-refractivity contribution in [2.45, 2.75) is 0 Å². The predicted molar refractivity (Wildman–Crippen MR) is 32.3 cm³/mol. The van der Waals surface area contributed by atoms with E-state index >= 15 is 0 Å². The molecule has 9 heavy (non-hydrogen) atoms. The number of hydrogen-bond acceptors (Lipinski definition) is 2. The summed E-state index contributed by atoms with van der Waals surface area (Å²) in [7, 11) is 0. The van der Waals surface area contributed by atoms with Gasteiger partial charge in [-0.1, -0.05) is 6.08 Å². The van der Waals surface area contributed by atoms with Gasteiger partial charge in [-0.25, -0.2) is 10.1 Å². The van der Waals surface area contributed by atoms with Gasteiger partial charge >= 0.3 is 6.03 Å². The largest absolute Gasteiger partial charge is 0.334 e. The maximum absolute atomic E-state index is 10.3. The van der Waals surface area contributed by atoms with E-state index in [1.165, 1.54) is 12.3 Å². The highest BCUT2D eigenvalue weighted by Gasteiger charge is 1.91. The van der Waals surface area contributed by atoms with Crippen LogP contribution in [0.2, 0.25) is 0 Å². The molecule has 0 aromatic heterocycles. The second-order valence-corrected chi connectivity index (χ2v) is 1.24. The Bertz CT molecular complexity index is 147. The first-order chi connectivity index (χ1) is 4.31. The van der Waals surface area contributed by atoms with Gasteiger partial charge in [0.1, 0.15) is 0 Å². The fourth-order valence-corrected chi connectivity index (χ4v) is 0.260. The summed E-state index contributed by atoms with van der Waals surface area (Å²) in [6.07, 6.45) is 3.00. The molecule has 4 nitrogen and oxygen atoms in total. The van der Waals surface area contributed by atoms with Crippen LogP contribution in [0.15, 0.2) is 12.7 Å². The highest BCUT2D eigenvalue weighted by atomic mass is 16.2.